The second-order valence-corrected chi connectivity index (χ2v) is 1.81. The van der Waals surface area contributed by atoms with Gasteiger partial charge in [0.05, 0.1) is 15.0 Å². The van der Waals surface area contributed by atoms with Crippen molar-refractivity contribution in [2.24, 2.45) is 0 Å². The van der Waals surface area contributed by atoms with Crippen molar-refractivity contribution in [1.82, 2.24) is 5.16 Å². The number of rotatable bonds is 1. The van der Waals surface area contributed by atoms with Gasteiger partial charge < -0.3 is 9.63 Å². The van der Waals surface area contributed by atoms with Crippen LogP contribution in [0.2, 0.25) is 0 Å². The average Bonchev–Trinajstić information content (AvgIpc) is 2.08. The highest BCUT2D eigenvalue weighted by Crippen LogP contribution is 2.10. The largest absolute Gasteiger partial charge is 0.391 e. The molecule has 0 aromatic carbocycles. The molecular formula is C6H9NO2. The summed E-state index contributed by atoms with van der Waals surface area (Å²) in [5.74, 6) is 0.315. The number of hydrogen-bond donors (Lipinski definition) is 1. The fourth-order valence-electron chi connectivity index (χ4n) is 0.643. The third-order valence-electron chi connectivity index (χ3n) is 1.15. The fourth-order valence-corrected chi connectivity index (χ4v) is 0.643. The van der Waals surface area contributed by atoms with E-state index in [4.69, 9.17) is 7.85 Å². The predicted molar refractivity (Wildman–Crippen MR) is 31.9 cm³/mol. The van der Waals surface area contributed by atoms with Crippen LogP contribution < -0.4 is 0 Å². The number of aromatic nitrogens is 1. The number of hydrogen-bond acceptors (Lipinski definition) is 3. The van der Waals surface area contributed by atoms with Crippen LogP contribution in [0.25, 0.3) is 0 Å². The molecule has 0 bridgehead atoms. The summed E-state index contributed by atoms with van der Waals surface area (Å²) in [5.41, 5.74) is 0.507. The van der Waals surface area contributed by atoms with Crippen molar-refractivity contribution in [2.45, 2.75) is 20.4 Å². The van der Waals surface area contributed by atoms with E-state index in [-0.39, 0.29) is 5.56 Å². The third kappa shape index (κ3) is 0.954. The molecule has 0 saturated carbocycles. The minimum absolute atomic E-state index is 0.123. The molecule has 0 aliphatic carbocycles. The van der Waals surface area contributed by atoms with Gasteiger partial charge >= 0.3 is 0 Å². The first-order chi connectivity index (χ1) is 4.93. The van der Waals surface area contributed by atoms with Crippen LogP contribution in [-0.4, -0.2) is 10.3 Å². The molecule has 1 rings (SSSR count). The van der Waals surface area contributed by atoms with Crippen LogP contribution in [0.3, 0.4) is 0 Å². The van der Waals surface area contributed by atoms with Crippen molar-refractivity contribution in [1.29, 1.82) is 0 Å². The first kappa shape index (κ1) is 4.06. The summed E-state index contributed by atoms with van der Waals surface area (Å²) in [5, 5.41) is 12.5. The molecule has 0 radical (unpaired) electrons. The molecule has 9 heavy (non-hydrogen) atoms. The Hall–Kier alpha value is -0.830. The maximum atomic E-state index is 8.97. The number of aryl methyl sites for hydroxylation is 2. The maximum absolute atomic E-state index is 8.97. The molecule has 0 unspecified atom stereocenters. The van der Waals surface area contributed by atoms with Crippen molar-refractivity contribution in [3.05, 3.63) is 17.0 Å². The van der Waals surface area contributed by atoms with Gasteiger partial charge in [-0.25, -0.2) is 0 Å². The van der Waals surface area contributed by atoms with Gasteiger partial charge in [0, 0.05) is 5.56 Å². The van der Waals surface area contributed by atoms with Gasteiger partial charge in [-0.3, -0.25) is 0 Å². The zero-order valence-electron chi connectivity index (χ0n) is 7.30. The van der Waals surface area contributed by atoms with Crippen LogP contribution >= 0.6 is 0 Å². The average molecular weight is 129 g/mol. The molecular weight excluding hydrogens is 118 g/mol. The molecule has 0 saturated heterocycles. The maximum Gasteiger partial charge on any atom is 0.139 e. The van der Waals surface area contributed by atoms with E-state index in [1.165, 1.54) is 0 Å². The molecule has 3 heteroatoms. The van der Waals surface area contributed by atoms with E-state index in [0.29, 0.717) is 11.5 Å². The molecule has 1 aromatic heterocycles. The van der Waals surface area contributed by atoms with Crippen molar-refractivity contribution >= 4 is 0 Å². The second kappa shape index (κ2) is 2.19. The first-order valence-electron chi connectivity index (χ1n) is 3.58. The molecule has 1 heterocycles. The second-order valence-electron chi connectivity index (χ2n) is 1.81. The lowest BCUT2D eigenvalue weighted by atomic mass is 10.2. The molecule has 0 atom stereocenters. The predicted octanol–water partition coefficient (Wildman–Crippen LogP) is 0.784. The van der Waals surface area contributed by atoms with E-state index < -0.39 is 6.56 Å². The lowest BCUT2D eigenvalue weighted by molar-refractivity contribution is 0.278. The van der Waals surface area contributed by atoms with Gasteiger partial charge in [-0.1, -0.05) is 5.16 Å². The van der Waals surface area contributed by atoms with Gasteiger partial charge in [-0.15, -0.1) is 0 Å². The highest BCUT2D eigenvalue weighted by atomic mass is 16.5. The summed E-state index contributed by atoms with van der Waals surface area (Å²) in [7, 11) is 0. The summed E-state index contributed by atoms with van der Waals surface area (Å²) in [6, 6.07) is 0. The molecule has 0 spiro atoms. The number of nitrogens with zero attached hydrogens (tertiary/aromatic N) is 1. The Labute approximate surface area is 56.1 Å². The lowest BCUT2D eigenvalue weighted by Crippen LogP contribution is -1.85. The number of aliphatic hydroxyl groups is 1. The zero-order valence-corrected chi connectivity index (χ0v) is 5.30. The summed E-state index contributed by atoms with van der Waals surface area (Å²) < 4.78 is 18.7. The molecule has 3 nitrogen and oxygen atoms in total. The quantitative estimate of drug-likeness (QED) is 0.609. The SMILES string of the molecule is [2H]C([2H])(O)c1c(C)noc1C. The molecule has 0 fully saturated rings. The molecule has 1 N–H and O–H groups in total. The smallest absolute Gasteiger partial charge is 0.139 e. The van der Waals surface area contributed by atoms with Crippen LogP contribution in [0.4, 0.5) is 0 Å². The van der Waals surface area contributed by atoms with Crippen molar-refractivity contribution in [3.63, 3.8) is 0 Å². The molecule has 1 aromatic rings. The van der Waals surface area contributed by atoms with E-state index in [0.717, 1.165) is 0 Å². The zero-order chi connectivity index (χ0) is 8.65. The molecule has 0 aliphatic rings. The van der Waals surface area contributed by atoms with E-state index in [1.807, 2.05) is 0 Å². The van der Waals surface area contributed by atoms with Crippen molar-refractivity contribution < 1.29 is 12.4 Å². The topological polar surface area (TPSA) is 46.3 Å². The lowest BCUT2D eigenvalue weighted by Gasteiger charge is -1.87. The Morgan fingerprint density at radius 3 is 2.67 bits per heavy atom. The summed E-state index contributed by atoms with van der Waals surface area (Å²) in [6.45, 7) is 0.789. The van der Waals surface area contributed by atoms with Crippen LogP contribution in [0.1, 0.15) is 19.8 Å². The van der Waals surface area contributed by atoms with E-state index in [1.54, 1.807) is 13.8 Å². The van der Waals surface area contributed by atoms with Crippen LogP contribution in [0.5, 0.6) is 0 Å². The van der Waals surface area contributed by atoms with Gasteiger partial charge in [0.25, 0.3) is 0 Å². The Balaban J connectivity index is 3.21. The summed E-state index contributed by atoms with van der Waals surface area (Å²) in [4.78, 5) is 0. The van der Waals surface area contributed by atoms with Crippen LogP contribution in [0.15, 0.2) is 4.52 Å². The minimum Gasteiger partial charge on any atom is -0.391 e. The van der Waals surface area contributed by atoms with Gasteiger partial charge in [-0.2, -0.15) is 0 Å². The van der Waals surface area contributed by atoms with E-state index >= 15 is 0 Å². The standard InChI is InChI=1S/C6H9NO2/c1-4-6(3-8)5(2)9-7-4/h8H,3H2,1-2H3/i3D2. The summed E-state index contributed by atoms with van der Waals surface area (Å²) >= 11 is 0. The van der Waals surface area contributed by atoms with Gasteiger partial charge in [-0.05, 0) is 13.8 Å². The highest BCUT2D eigenvalue weighted by molar-refractivity contribution is 5.18. The van der Waals surface area contributed by atoms with Crippen molar-refractivity contribution in [2.75, 3.05) is 0 Å². The van der Waals surface area contributed by atoms with Gasteiger partial charge in [0.1, 0.15) is 5.76 Å². The minimum atomic E-state index is -2.35. The Morgan fingerprint density at radius 2 is 2.44 bits per heavy atom. The fraction of sp³-hybridized carbons (Fsp3) is 0.500. The molecule has 0 aliphatic heterocycles. The monoisotopic (exact) mass is 129 g/mol. The van der Waals surface area contributed by atoms with Crippen LogP contribution in [-0.2, 0) is 6.56 Å². The van der Waals surface area contributed by atoms with Gasteiger partial charge in [0.15, 0.2) is 0 Å². The Morgan fingerprint density at radius 1 is 1.78 bits per heavy atom. The first-order valence-corrected chi connectivity index (χ1v) is 2.58. The molecule has 50 valence electrons. The summed E-state index contributed by atoms with van der Waals surface area (Å²) in [6.07, 6.45) is 0. The Bertz CT molecular complexity index is 245. The third-order valence-corrected chi connectivity index (χ3v) is 1.15. The van der Waals surface area contributed by atoms with Gasteiger partial charge in [0.2, 0.25) is 0 Å². The van der Waals surface area contributed by atoms with E-state index in [2.05, 4.69) is 9.68 Å². The molecule has 0 amide bonds. The highest BCUT2D eigenvalue weighted by Gasteiger charge is 2.05. The Kier molecular flexibility index (Phi) is 0.987. The van der Waals surface area contributed by atoms with Crippen molar-refractivity contribution in [3.8, 4) is 0 Å². The van der Waals surface area contributed by atoms with E-state index in [9.17, 15) is 0 Å². The van der Waals surface area contributed by atoms with Crippen LogP contribution in [0, 0.1) is 13.8 Å². The normalized spacial score (nSPS) is 15.0.